The molecule has 0 aliphatic carbocycles. The van der Waals surface area contributed by atoms with Crippen molar-refractivity contribution in [2.75, 3.05) is 6.61 Å². The van der Waals surface area contributed by atoms with Crippen LogP contribution >= 0.6 is 0 Å². The van der Waals surface area contributed by atoms with E-state index in [4.69, 9.17) is 9.26 Å². The molecule has 0 unspecified atom stereocenters. The summed E-state index contributed by atoms with van der Waals surface area (Å²) in [5.74, 6) is 0.331. The van der Waals surface area contributed by atoms with Crippen LogP contribution in [-0.4, -0.2) is 32.1 Å². The summed E-state index contributed by atoms with van der Waals surface area (Å²) in [4.78, 5) is 6.49. The highest BCUT2D eigenvalue weighted by Gasteiger charge is 2.61. The molecule has 2 aliphatic rings. The van der Waals surface area contributed by atoms with Gasteiger partial charge in [0, 0.05) is 24.0 Å². The topological polar surface area (TPSA) is 21.7 Å². The van der Waals surface area contributed by atoms with Crippen LogP contribution in [0.1, 0.15) is 25.8 Å². The standard InChI is InChI=1S/C29H33NO2Si/c1-3-4-20-27-23(2)29-28(22-31-30(29)21-24-14-8-5-9-15-24)33(32-27,25-16-10-6-11-17-25)26-18-12-7-13-19-26/h4-20,23,27-29H,3,21-22H2,1-2H3/b20-4+/t23-,27+,28+,29+/m0/s1. The van der Waals surface area contributed by atoms with E-state index >= 15 is 0 Å². The number of hydrogen-bond acceptors (Lipinski definition) is 3. The number of nitrogens with zero attached hydrogens (tertiary/aromatic N) is 1. The first kappa shape index (κ1) is 22.3. The van der Waals surface area contributed by atoms with Gasteiger partial charge in [-0.3, -0.25) is 4.84 Å². The van der Waals surface area contributed by atoms with Crippen molar-refractivity contribution in [1.82, 2.24) is 5.06 Å². The van der Waals surface area contributed by atoms with Gasteiger partial charge < -0.3 is 4.43 Å². The number of hydroxylamine groups is 2. The molecular weight excluding hydrogens is 422 g/mol. The van der Waals surface area contributed by atoms with E-state index in [1.807, 2.05) is 0 Å². The first-order valence-corrected chi connectivity index (χ1v) is 14.1. The van der Waals surface area contributed by atoms with Crippen molar-refractivity contribution < 1.29 is 9.26 Å². The number of hydrogen-bond donors (Lipinski definition) is 0. The normalized spacial score (nSPS) is 27.0. The number of fused-ring (bicyclic) bond motifs is 1. The Labute approximate surface area is 198 Å². The van der Waals surface area contributed by atoms with Gasteiger partial charge in [0.1, 0.15) is 0 Å². The lowest BCUT2D eigenvalue weighted by molar-refractivity contribution is -0.153. The molecule has 0 radical (unpaired) electrons. The maximum atomic E-state index is 7.32. The Hall–Kier alpha value is -2.50. The van der Waals surface area contributed by atoms with Crippen molar-refractivity contribution in [2.45, 2.75) is 44.5 Å². The third-order valence-electron chi connectivity index (χ3n) is 7.21. The lowest BCUT2D eigenvalue weighted by atomic mass is 9.92. The third-order valence-corrected chi connectivity index (χ3v) is 11.8. The average molecular weight is 456 g/mol. The molecule has 33 heavy (non-hydrogen) atoms. The van der Waals surface area contributed by atoms with Crippen molar-refractivity contribution in [2.24, 2.45) is 5.92 Å². The molecule has 0 aromatic heterocycles. The second-order valence-corrected chi connectivity index (χ2v) is 12.8. The lowest BCUT2D eigenvalue weighted by Gasteiger charge is -2.50. The molecule has 0 bridgehead atoms. The van der Waals surface area contributed by atoms with Gasteiger partial charge in [-0.2, -0.15) is 5.06 Å². The average Bonchev–Trinajstić information content (AvgIpc) is 3.30. The van der Waals surface area contributed by atoms with E-state index in [1.165, 1.54) is 15.9 Å². The highest BCUT2D eigenvalue weighted by Crippen LogP contribution is 2.46. The molecule has 4 heteroatoms. The van der Waals surface area contributed by atoms with Gasteiger partial charge in [-0.25, -0.2) is 0 Å². The molecule has 3 aromatic carbocycles. The van der Waals surface area contributed by atoms with Gasteiger partial charge in [0.2, 0.25) is 0 Å². The molecule has 3 aromatic rings. The minimum atomic E-state index is -2.60. The van der Waals surface area contributed by atoms with Crippen LogP contribution < -0.4 is 10.4 Å². The van der Waals surface area contributed by atoms with Crippen molar-refractivity contribution in [3.63, 3.8) is 0 Å². The van der Waals surface area contributed by atoms with Gasteiger partial charge >= 0.3 is 0 Å². The Morgan fingerprint density at radius 1 is 0.879 bits per heavy atom. The van der Waals surface area contributed by atoms with Crippen molar-refractivity contribution in [3.05, 3.63) is 109 Å². The van der Waals surface area contributed by atoms with Crippen molar-refractivity contribution in [1.29, 1.82) is 0 Å². The molecule has 2 saturated heterocycles. The first-order chi connectivity index (χ1) is 16.2. The van der Waals surface area contributed by atoms with Gasteiger partial charge in [-0.1, -0.05) is 117 Å². The highest BCUT2D eigenvalue weighted by molar-refractivity contribution is 6.99. The predicted octanol–water partition coefficient (Wildman–Crippen LogP) is 4.93. The molecule has 0 N–H and O–H groups in total. The summed E-state index contributed by atoms with van der Waals surface area (Å²) >= 11 is 0. The molecule has 4 atom stereocenters. The summed E-state index contributed by atoms with van der Waals surface area (Å²) in [6.45, 7) is 6.02. The molecule has 170 valence electrons. The minimum absolute atomic E-state index is 0.0539. The zero-order valence-corrected chi connectivity index (χ0v) is 20.5. The fourth-order valence-electron chi connectivity index (χ4n) is 5.65. The van der Waals surface area contributed by atoms with E-state index in [2.05, 4.69) is 122 Å². The minimum Gasteiger partial charge on any atom is -0.401 e. The van der Waals surface area contributed by atoms with Crippen LogP contribution in [0.15, 0.2) is 103 Å². The Morgan fingerprint density at radius 2 is 1.45 bits per heavy atom. The summed E-state index contributed by atoms with van der Waals surface area (Å²) in [5, 5.41) is 4.92. The van der Waals surface area contributed by atoms with E-state index in [-0.39, 0.29) is 12.1 Å². The quantitative estimate of drug-likeness (QED) is 0.388. The maximum Gasteiger partial charge on any atom is 0.263 e. The summed E-state index contributed by atoms with van der Waals surface area (Å²) in [7, 11) is -2.60. The van der Waals surface area contributed by atoms with Gasteiger partial charge in [0.05, 0.1) is 12.7 Å². The van der Waals surface area contributed by atoms with Crippen LogP contribution in [0.3, 0.4) is 0 Å². The zero-order chi connectivity index (χ0) is 22.7. The second kappa shape index (κ2) is 9.78. The molecule has 2 fully saturated rings. The third kappa shape index (κ3) is 4.13. The van der Waals surface area contributed by atoms with Gasteiger partial charge in [0.25, 0.3) is 8.32 Å². The Bertz CT molecular complexity index is 1020. The van der Waals surface area contributed by atoms with Gasteiger partial charge in [-0.15, -0.1) is 0 Å². The van der Waals surface area contributed by atoms with Crippen LogP contribution in [0.5, 0.6) is 0 Å². The molecule has 0 amide bonds. The van der Waals surface area contributed by atoms with E-state index in [0.29, 0.717) is 18.1 Å². The van der Waals surface area contributed by atoms with E-state index < -0.39 is 8.32 Å². The Morgan fingerprint density at radius 3 is 2.03 bits per heavy atom. The Balaban J connectivity index is 1.63. The van der Waals surface area contributed by atoms with Crippen molar-refractivity contribution >= 4 is 18.7 Å². The summed E-state index contributed by atoms with van der Waals surface area (Å²) in [5.41, 5.74) is 1.59. The smallest absolute Gasteiger partial charge is 0.263 e. The predicted molar refractivity (Wildman–Crippen MR) is 137 cm³/mol. The van der Waals surface area contributed by atoms with E-state index in [9.17, 15) is 0 Å². The second-order valence-electron chi connectivity index (χ2n) is 9.20. The fraction of sp³-hybridized carbons (Fsp3) is 0.310. The fourth-order valence-corrected chi connectivity index (χ4v) is 10.6. The Kier molecular flexibility index (Phi) is 6.61. The zero-order valence-electron chi connectivity index (χ0n) is 19.5. The molecule has 0 saturated carbocycles. The molecule has 0 spiro atoms. The SMILES string of the molecule is CC/C=C/[C@H]1O[Si](c2ccccc2)(c2ccccc2)[C@@H]2CON(Cc3ccccc3)[C@@H]2[C@H]1C. The molecule has 3 nitrogen and oxygen atoms in total. The monoisotopic (exact) mass is 455 g/mol. The van der Waals surface area contributed by atoms with Gasteiger partial charge in [0.15, 0.2) is 0 Å². The molecular formula is C29H33NO2Si. The van der Waals surface area contributed by atoms with Crippen LogP contribution in [-0.2, 0) is 15.8 Å². The van der Waals surface area contributed by atoms with Crippen LogP contribution in [0.2, 0.25) is 5.54 Å². The lowest BCUT2D eigenvalue weighted by Crippen LogP contribution is -2.72. The van der Waals surface area contributed by atoms with Crippen LogP contribution in [0.4, 0.5) is 0 Å². The maximum absolute atomic E-state index is 7.32. The summed E-state index contributed by atoms with van der Waals surface area (Å²) in [6, 6.07) is 32.8. The van der Waals surface area contributed by atoms with E-state index in [1.54, 1.807) is 0 Å². The van der Waals surface area contributed by atoms with Crippen LogP contribution in [0.25, 0.3) is 0 Å². The largest absolute Gasteiger partial charge is 0.401 e. The number of benzene rings is 3. The van der Waals surface area contributed by atoms with E-state index in [0.717, 1.165) is 13.0 Å². The number of rotatable bonds is 6. The first-order valence-electron chi connectivity index (χ1n) is 12.1. The molecule has 2 heterocycles. The molecule has 5 rings (SSSR count). The highest BCUT2D eigenvalue weighted by atomic mass is 28.4. The number of allylic oxidation sites excluding steroid dienone is 1. The molecule has 2 aliphatic heterocycles. The van der Waals surface area contributed by atoms with Crippen LogP contribution in [0, 0.1) is 5.92 Å². The van der Waals surface area contributed by atoms with Gasteiger partial charge in [-0.05, 0) is 22.4 Å². The van der Waals surface area contributed by atoms with Crippen molar-refractivity contribution in [3.8, 4) is 0 Å². The summed E-state index contributed by atoms with van der Waals surface area (Å²) in [6.07, 6.45) is 5.62. The summed E-state index contributed by atoms with van der Waals surface area (Å²) < 4.78 is 7.32.